The van der Waals surface area contributed by atoms with Crippen molar-refractivity contribution in [2.24, 2.45) is 0 Å². The minimum atomic E-state index is -2.06. The second kappa shape index (κ2) is 8.43. The number of benzene rings is 2. The Labute approximate surface area is 172 Å². The van der Waals surface area contributed by atoms with Gasteiger partial charge in [-0.15, -0.1) is 0 Å². The first kappa shape index (κ1) is 20.1. The van der Waals surface area contributed by atoms with Gasteiger partial charge in [0.1, 0.15) is 6.10 Å². The van der Waals surface area contributed by atoms with Gasteiger partial charge in [-0.1, -0.05) is 69.4 Å². The molecule has 2 aromatic rings. The van der Waals surface area contributed by atoms with Gasteiger partial charge in [-0.05, 0) is 49.2 Å². The molecule has 0 heterocycles. The molecule has 0 fully saturated rings. The number of anilines is 1. The van der Waals surface area contributed by atoms with Crippen molar-refractivity contribution in [3.63, 3.8) is 0 Å². The third kappa shape index (κ3) is 5.13. The smallest absolute Gasteiger partial charge is 0.186 e. The summed E-state index contributed by atoms with van der Waals surface area (Å²) in [6, 6.07) is 14.4. The van der Waals surface area contributed by atoms with Crippen molar-refractivity contribution >= 4 is 61.9 Å². The number of para-hydroxylation sites is 1. The number of hydrogen-bond donors (Lipinski definition) is 3. The number of nitrogens with one attached hydrogen (secondary N) is 1. The predicted octanol–water partition coefficient (Wildman–Crippen LogP) is 4.68. The fourth-order valence-electron chi connectivity index (χ4n) is 2.40. The Balaban J connectivity index is 2.49. The number of aliphatic hydroxyl groups is 1. The van der Waals surface area contributed by atoms with Crippen LogP contribution in [0, 0.1) is 6.92 Å². The van der Waals surface area contributed by atoms with Gasteiger partial charge in [-0.2, -0.15) is 0 Å². The zero-order valence-corrected chi connectivity index (χ0v) is 18.4. The summed E-state index contributed by atoms with van der Waals surface area (Å²) < 4.78 is 20.4. The normalized spacial score (nSPS) is 15.6. The molecule has 2 aromatic carbocycles. The molecule has 0 aliphatic heterocycles. The van der Waals surface area contributed by atoms with Crippen LogP contribution >= 0.6 is 45.2 Å². The maximum absolute atomic E-state index is 11.4. The van der Waals surface area contributed by atoms with Gasteiger partial charge in [0.2, 0.25) is 0 Å². The van der Waals surface area contributed by atoms with Gasteiger partial charge < -0.3 is 15.0 Å². The predicted molar refractivity (Wildman–Crippen MR) is 115 cm³/mol. The van der Waals surface area contributed by atoms with Crippen LogP contribution in [-0.4, -0.2) is 21.4 Å². The van der Waals surface area contributed by atoms with Crippen molar-refractivity contribution in [1.29, 1.82) is 0 Å². The van der Waals surface area contributed by atoms with Gasteiger partial charge >= 0.3 is 0 Å². The van der Waals surface area contributed by atoms with Crippen molar-refractivity contribution in [3.8, 4) is 0 Å². The molecule has 3 atom stereocenters. The van der Waals surface area contributed by atoms with Gasteiger partial charge in [0.25, 0.3) is 0 Å². The lowest BCUT2D eigenvalue weighted by Crippen LogP contribution is -2.37. The van der Waals surface area contributed by atoms with Crippen LogP contribution in [0.15, 0.2) is 53.4 Å². The lowest BCUT2D eigenvalue weighted by molar-refractivity contribution is 0.153. The van der Waals surface area contributed by atoms with E-state index in [0.717, 1.165) is 16.8 Å². The summed E-state index contributed by atoms with van der Waals surface area (Å²) in [4.78, 5) is 0.325. The fraction of sp³-hybridized carbons (Fsp3) is 0.294. The molecule has 130 valence electrons. The van der Waals surface area contributed by atoms with Crippen LogP contribution in [0.3, 0.4) is 0 Å². The van der Waals surface area contributed by atoms with Gasteiger partial charge in [-0.25, -0.2) is 4.21 Å². The second-order valence-electron chi connectivity index (χ2n) is 5.66. The summed E-state index contributed by atoms with van der Waals surface area (Å²) in [5, 5.41) is 14.3. The first-order valence-electron chi connectivity index (χ1n) is 7.29. The molecule has 0 saturated carbocycles. The minimum absolute atomic E-state index is 0.325. The molecule has 0 aromatic heterocycles. The molecule has 7 heteroatoms. The molecule has 4 nitrogen and oxygen atoms in total. The Morgan fingerprint density at radius 3 is 2.33 bits per heavy atom. The van der Waals surface area contributed by atoms with Crippen LogP contribution in [0.5, 0.6) is 0 Å². The monoisotopic (exact) mass is 571 g/mol. The average Bonchev–Trinajstić information content (AvgIpc) is 2.52. The molecule has 2 rings (SSSR count). The SMILES string of the molecule is Cc1ccc(S(=O)O)cc1[C@@H](Nc1ccccc1)[C@H](O)C(C)(I)I. The number of rotatable bonds is 6. The quantitative estimate of drug-likeness (QED) is 0.268. The summed E-state index contributed by atoms with van der Waals surface area (Å²) in [6.07, 6.45) is -0.708. The molecule has 0 saturated heterocycles. The van der Waals surface area contributed by atoms with Crippen molar-refractivity contribution in [1.82, 2.24) is 0 Å². The van der Waals surface area contributed by atoms with Gasteiger partial charge in [0.05, 0.1) is 12.4 Å². The van der Waals surface area contributed by atoms with Crippen LogP contribution < -0.4 is 5.32 Å². The zero-order chi connectivity index (χ0) is 17.9. The number of aryl methyl sites for hydroxylation is 1. The Kier molecular flexibility index (Phi) is 7.06. The molecular weight excluding hydrogens is 552 g/mol. The van der Waals surface area contributed by atoms with Crippen LogP contribution in [0.25, 0.3) is 0 Å². The van der Waals surface area contributed by atoms with Crippen LogP contribution in [0.2, 0.25) is 0 Å². The number of alkyl halides is 2. The van der Waals surface area contributed by atoms with Crippen LogP contribution in [0.4, 0.5) is 5.69 Å². The van der Waals surface area contributed by atoms with Crippen LogP contribution in [0.1, 0.15) is 24.1 Å². The molecule has 0 aliphatic rings. The number of aliphatic hydroxyl groups excluding tert-OH is 1. The molecule has 1 unspecified atom stereocenters. The van der Waals surface area contributed by atoms with Crippen molar-refractivity contribution in [3.05, 3.63) is 59.7 Å². The van der Waals surface area contributed by atoms with Crippen molar-refractivity contribution in [2.45, 2.75) is 32.3 Å². The fourth-order valence-corrected chi connectivity index (χ4v) is 3.53. The minimum Gasteiger partial charge on any atom is -0.388 e. The van der Waals surface area contributed by atoms with E-state index in [-0.39, 0.29) is 0 Å². The first-order chi connectivity index (χ1) is 11.2. The summed E-state index contributed by atoms with van der Waals surface area (Å²) in [6.45, 7) is 3.88. The summed E-state index contributed by atoms with van der Waals surface area (Å²) in [7, 11) is 0. The zero-order valence-electron chi connectivity index (χ0n) is 13.2. The summed E-state index contributed by atoms with van der Waals surface area (Å²) >= 11 is 2.36. The largest absolute Gasteiger partial charge is 0.388 e. The van der Waals surface area contributed by atoms with E-state index in [0.29, 0.717) is 4.90 Å². The van der Waals surface area contributed by atoms with E-state index < -0.39 is 24.7 Å². The maximum Gasteiger partial charge on any atom is 0.186 e. The van der Waals surface area contributed by atoms with E-state index in [1.165, 1.54) is 0 Å². The molecule has 3 N–H and O–H groups in total. The van der Waals surface area contributed by atoms with Gasteiger partial charge in [-0.3, -0.25) is 0 Å². The Bertz CT molecular complexity index is 720. The lowest BCUT2D eigenvalue weighted by atomic mass is 9.95. The topological polar surface area (TPSA) is 69.6 Å². The lowest BCUT2D eigenvalue weighted by Gasteiger charge is -2.33. The highest BCUT2D eigenvalue weighted by atomic mass is 127. The Morgan fingerprint density at radius 1 is 1.17 bits per heavy atom. The van der Waals surface area contributed by atoms with Gasteiger partial charge in [0, 0.05) is 5.69 Å². The van der Waals surface area contributed by atoms with E-state index >= 15 is 0 Å². The first-order valence-corrected chi connectivity index (χ1v) is 10.6. The van der Waals surface area contributed by atoms with E-state index in [9.17, 15) is 13.9 Å². The maximum atomic E-state index is 11.4. The summed E-state index contributed by atoms with van der Waals surface area (Å²) in [5.41, 5.74) is 2.65. The standard InChI is InChI=1S/C17H19I2NO3S/c1-11-8-9-13(24(22)23)10-14(11)15(16(21)17(2,18)19)20-12-6-4-3-5-7-12/h3-10,15-16,20-21H,1-2H3,(H,22,23)/t15-,16+/m1/s1. The van der Waals surface area contributed by atoms with Crippen molar-refractivity contribution < 1.29 is 13.9 Å². The molecule has 0 bridgehead atoms. The molecule has 0 radical (unpaired) electrons. The highest BCUT2D eigenvalue weighted by molar-refractivity contribution is 14.2. The van der Waals surface area contributed by atoms with E-state index in [2.05, 4.69) is 50.5 Å². The highest BCUT2D eigenvalue weighted by Gasteiger charge is 2.35. The number of halogens is 2. The van der Waals surface area contributed by atoms with Crippen LogP contribution in [-0.2, 0) is 11.1 Å². The number of hydrogen-bond acceptors (Lipinski definition) is 3. The molecular formula is C17H19I2NO3S. The highest BCUT2D eigenvalue weighted by Crippen LogP contribution is 2.39. The third-order valence-electron chi connectivity index (χ3n) is 3.72. The Hall–Kier alpha value is -0.230. The van der Waals surface area contributed by atoms with E-state index in [1.807, 2.05) is 50.2 Å². The average molecular weight is 571 g/mol. The van der Waals surface area contributed by atoms with Crippen molar-refractivity contribution in [2.75, 3.05) is 5.32 Å². The van der Waals surface area contributed by atoms with E-state index in [1.54, 1.807) is 12.1 Å². The third-order valence-corrected chi connectivity index (χ3v) is 5.65. The molecule has 0 amide bonds. The molecule has 24 heavy (non-hydrogen) atoms. The Morgan fingerprint density at radius 2 is 1.79 bits per heavy atom. The van der Waals surface area contributed by atoms with Gasteiger partial charge in [0.15, 0.2) is 11.1 Å². The summed E-state index contributed by atoms with van der Waals surface area (Å²) in [5.74, 6) is 0. The molecule has 0 aliphatic carbocycles. The molecule has 0 spiro atoms. The van der Waals surface area contributed by atoms with E-state index in [4.69, 9.17) is 0 Å². The second-order valence-corrected chi connectivity index (χ2v) is 13.2.